The zero-order chi connectivity index (χ0) is 22.8. The molecule has 0 radical (unpaired) electrons. The van der Waals surface area contributed by atoms with E-state index in [4.69, 9.17) is 4.74 Å². The Balaban J connectivity index is 1.25. The molecule has 3 unspecified atom stereocenters. The predicted molar refractivity (Wildman–Crippen MR) is 125 cm³/mol. The average Bonchev–Trinajstić information content (AvgIpc) is 3.43. The zero-order valence-corrected chi connectivity index (χ0v) is 18.5. The van der Waals surface area contributed by atoms with Crippen molar-refractivity contribution in [2.24, 2.45) is 0 Å². The Hall–Kier alpha value is -3.55. The molecular weight excluding hydrogens is 416 g/mol. The van der Waals surface area contributed by atoms with Crippen LogP contribution in [-0.2, 0) is 0 Å². The minimum atomic E-state index is -0.954. The van der Waals surface area contributed by atoms with Gasteiger partial charge in [0.25, 0.3) is 0 Å². The molecule has 2 aromatic heterocycles. The minimum Gasteiger partial charge on any atom is -0.459 e. The Bertz CT molecular complexity index is 1220. The number of carbonyl (C=O) groups excluding carboxylic acids is 1. The van der Waals surface area contributed by atoms with Gasteiger partial charge >= 0.3 is 0 Å². The number of para-hydroxylation sites is 2. The number of hydrogen-bond acceptors (Lipinski definition) is 5. The van der Waals surface area contributed by atoms with Gasteiger partial charge in [-0.25, -0.2) is 4.98 Å². The minimum absolute atomic E-state index is 0.187. The molecule has 3 heterocycles. The number of nitrogens with one attached hydrogen (secondary N) is 1. The van der Waals surface area contributed by atoms with Gasteiger partial charge in [-0.2, -0.15) is 0 Å². The number of pyridine rings is 1. The molecule has 1 aliphatic heterocycles. The second-order valence-electron chi connectivity index (χ2n) is 8.86. The zero-order valence-electron chi connectivity index (χ0n) is 18.5. The molecular formula is C26H27N4O3+. The third kappa shape index (κ3) is 4.37. The number of aromatic nitrogens is 3. The Labute approximate surface area is 192 Å². The molecule has 0 aliphatic carbocycles. The summed E-state index contributed by atoms with van der Waals surface area (Å²) in [6.45, 7) is 1.45. The number of likely N-dealkylation sites (tertiary alicyclic amines) is 1. The smallest absolute Gasteiger partial charge is 0.247 e. The molecule has 7 heteroatoms. The van der Waals surface area contributed by atoms with Crippen LogP contribution in [-0.4, -0.2) is 56.8 Å². The largest absolute Gasteiger partial charge is 0.459 e. The number of ketones is 1. The number of rotatable bonds is 7. The van der Waals surface area contributed by atoms with Crippen LogP contribution in [0.1, 0.15) is 40.6 Å². The number of quaternary nitrogens is 1. The highest BCUT2D eigenvalue weighted by atomic mass is 16.6. The van der Waals surface area contributed by atoms with Gasteiger partial charge < -0.3 is 19.3 Å². The Morgan fingerprint density at radius 1 is 1.18 bits per heavy atom. The third-order valence-electron chi connectivity index (χ3n) is 6.53. The van der Waals surface area contributed by atoms with Crippen LogP contribution in [0.25, 0.3) is 11.0 Å². The molecule has 0 spiro atoms. The van der Waals surface area contributed by atoms with Crippen molar-refractivity contribution in [3.05, 3.63) is 90.0 Å². The quantitative estimate of drug-likeness (QED) is 0.257. The first-order chi connectivity index (χ1) is 16.0. The fraction of sp³-hybridized carbons (Fsp3) is 0.269. The van der Waals surface area contributed by atoms with Gasteiger partial charge in [0, 0.05) is 36.4 Å². The second kappa shape index (κ2) is 8.77. The molecule has 2 N–H and O–H groups in total. The van der Waals surface area contributed by atoms with Crippen molar-refractivity contribution in [1.29, 1.82) is 0 Å². The molecule has 0 bridgehead atoms. The summed E-state index contributed by atoms with van der Waals surface area (Å²) in [4.78, 5) is 24.5. The summed E-state index contributed by atoms with van der Waals surface area (Å²) in [6.07, 6.45) is 4.90. The normalized spacial score (nSPS) is 21.2. The maximum atomic E-state index is 12.8. The number of H-pyrrole nitrogens is 1. The molecule has 1 aliphatic rings. The number of fused-ring (bicyclic) bond motifs is 1. The van der Waals surface area contributed by atoms with Crippen LogP contribution in [0.3, 0.4) is 0 Å². The molecule has 2 aromatic carbocycles. The summed E-state index contributed by atoms with van der Waals surface area (Å²) in [7, 11) is 2.16. The van der Waals surface area contributed by atoms with Crippen molar-refractivity contribution < 1.29 is 19.1 Å². The molecule has 3 atom stereocenters. The van der Waals surface area contributed by atoms with Crippen LogP contribution < -0.4 is 4.74 Å². The third-order valence-corrected chi connectivity index (χ3v) is 6.53. The fourth-order valence-electron chi connectivity index (χ4n) is 4.86. The van der Waals surface area contributed by atoms with E-state index in [0.717, 1.165) is 30.4 Å². The summed E-state index contributed by atoms with van der Waals surface area (Å²) >= 11 is 0. The van der Waals surface area contributed by atoms with Gasteiger partial charge in [0.15, 0.2) is 5.82 Å². The summed E-state index contributed by atoms with van der Waals surface area (Å²) in [6, 6.07) is 18.7. The van der Waals surface area contributed by atoms with Crippen molar-refractivity contribution >= 4 is 16.8 Å². The Morgan fingerprint density at radius 3 is 2.76 bits per heavy atom. The molecule has 7 nitrogen and oxygen atoms in total. The predicted octanol–water partition coefficient (Wildman–Crippen LogP) is 3.87. The lowest BCUT2D eigenvalue weighted by molar-refractivity contribution is -0.931. The standard InChI is InChI=1S/C26H26N4O3/c1-30(15-5-9-23(30)19-6-4-14-27-16-19)17-24(31)33-20-12-10-18(11-13-20)25(32)26-28-21-7-2-3-8-22(21)29-26/h2-4,6-8,10-14,16,23-24,31H,5,9,15,17H2,1H3/p+1. The molecule has 1 saturated heterocycles. The van der Waals surface area contributed by atoms with E-state index in [1.165, 1.54) is 5.56 Å². The van der Waals surface area contributed by atoms with E-state index in [0.29, 0.717) is 34.2 Å². The van der Waals surface area contributed by atoms with Crippen molar-refractivity contribution in [3.8, 4) is 5.75 Å². The van der Waals surface area contributed by atoms with Crippen LogP contribution in [0.4, 0.5) is 0 Å². The molecule has 168 valence electrons. The van der Waals surface area contributed by atoms with Gasteiger partial charge in [-0.15, -0.1) is 0 Å². The molecule has 0 amide bonds. The monoisotopic (exact) mass is 443 g/mol. The number of nitrogens with zero attached hydrogens (tertiary/aromatic N) is 3. The van der Waals surface area contributed by atoms with Crippen LogP contribution in [0.15, 0.2) is 73.1 Å². The summed E-state index contributed by atoms with van der Waals surface area (Å²) in [5.41, 5.74) is 3.28. The van der Waals surface area contributed by atoms with E-state index in [1.54, 1.807) is 30.5 Å². The highest BCUT2D eigenvalue weighted by Crippen LogP contribution is 2.37. The number of benzene rings is 2. The van der Waals surface area contributed by atoms with Gasteiger partial charge in [0.2, 0.25) is 12.1 Å². The van der Waals surface area contributed by atoms with Crippen molar-refractivity contribution in [3.63, 3.8) is 0 Å². The van der Waals surface area contributed by atoms with Crippen molar-refractivity contribution in [2.45, 2.75) is 25.2 Å². The van der Waals surface area contributed by atoms with Gasteiger partial charge in [0.1, 0.15) is 18.3 Å². The first-order valence-corrected chi connectivity index (χ1v) is 11.2. The Kier molecular flexibility index (Phi) is 5.66. The topological polar surface area (TPSA) is 88.1 Å². The van der Waals surface area contributed by atoms with E-state index in [2.05, 4.69) is 28.1 Å². The molecule has 5 rings (SSSR count). The fourth-order valence-corrected chi connectivity index (χ4v) is 4.86. The van der Waals surface area contributed by atoms with Crippen LogP contribution in [0.5, 0.6) is 5.75 Å². The first kappa shape index (κ1) is 21.3. The lowest BCUT2D eigenvalue weighted by Crippen LogP contribution is -2.49. The van der Waals surface area contributed by atoms with E-state index in [-0.39, 0.29) is 5.78 Å². The molecule has 0 saturated carbocycles. The van der Waals surface area contributed by atoms with Gasteiger partial charge in [-0.3, -0.25) is 9.78 Å². The highest BCUT2D eigenvalue weighted by Gasteiger charge is 2.41. The number of carbonyl (C=O) groups is 1. The van der Waals surface area contributed by atoms with Gasteiger partial charge in [0.05, 0.1) is 24.6 Å². The van der Waals surface area contributed by atoms with Crippen LogP contribution in [0, 0.1) is 0 Å². The van der Waals surface area contributed by atoms with Crippen molar-refractivity contribution in [2.75, 3.05) is 20.1 Å². The second-order valence-corrected chi connectivity index (χ2v) is 8.86. The summed E-state index contributed by atoms with van der Waals surface area (Å²) in [5, 5.41) is 10.7. The van der Waals surface area contributed by atoms with E-state index < -0.39 is 6.29 Å². The first-order valence-electron chi connectivity index (χ1n) is 11.2. The average molecular weight is 444 g/mol. The summed E-state index contributed by atoms with van der Waals surface area (Å²) < 4.78 is 6.51. The van der Waals surface area contributed by atoms with Crippen LogP contribution >= 0.6 is 0 Å². The van der Waals surface area contributed by atoms with E-state index >= 15 is 0 Å². The lowest BCUT2D eigenvalue weighted by Gasteiger charge is -2.37. The number of hydrogen-bond donors (Lipinski definition) is 2. The Morgan fingerprint density at radius 2 is 2.00 bits per heavy atom. The van der Waals surface area contributed by atoms with Gasteiger partial charge in [-0.1, -0.05) is 18.2 Å². The number of likely N-dealkylation sites (N-methyl/N-ethyl adjacent to an activating group) is 1. The lowest BCUT2D eigenvalue weighted by atomic mass is 10.1. The number of aliphatic hydroxyl groups is 1. The number of aliphatic hydroxyl groups excluding tert-OH is 1. The maximum Gasteiger partial charge on any atom is 0.247 e. The van der Waals surface area contributed by atoms with E-state index in [9.17, 15) is 9.90 Å². The SMILES string of the molecule is C[N+]1(CC(O)Oc2ccc(C(=O)c3nc4ccccc4[nH]3)cc2)CCCC1c1cccnc1. The maximum absolute atomic E-state index is 12.8. The summed E-state index contributed by atoms with van der Waals surface area (Å²) in [5.74, 6) is 0.637. The number of aromatic amines is 1. The molecule has 33 heavy (non-hydrogen) atoms. The van der Waals surface area contributed by atoms with Crippen LogP contribution in [0.2, 0.25) is 0 Å². The molecule has 4 aromatic rings. The van der Waals surface area contributed by atoms with Crippen molar-refractivity contribution in [1.82, 2.24) is 15.0 Å². The van der Waals surface area contributed by atoms with Gasteiger partial charge in [-0.05, 0) is 42.5 Å². The highest BCUT2D eigenvalue weighted by molar-refractivity contribution is 6.08. The molecule has 1 fully saturated rings. The van der Waals surface area contributed by atoms with E-state index in [1.807, 2.05) is 36.5 Å². The number of imidazole rings is 1. The number of ether oxygens (including phenoxy) is 1.